The fourth-order valence-electron chi connectivity index (χ4n) is 1.55. The summed E-state index contributed by atoms with van der Waals surface area (Å²) in [6, 6.07) is 5.73. The van der Waals surface area contributed by atoms with Crippen LogP contribution in [-0.4, -0.2) is 12.2 Å². The third kappa shape index (κ3) is 1.36. The number of hydrogen-bond acceptors (Lipinski definition) is 3. The number of hydrogen-bond donors (Lipinski definition) is 1. The highest BCUT2D eigenvalue weighted by Gasteiger charge is 2.08. The topological polar surface area (TPSA) is 42.6 Å². The van der Waals surface area contributed by atoms with Gasteiger partial charge in [-0.05, 0) is 30.7 Å². The smallest absolute Gasteiger partial charge is 0.176 e. The molecule has 1 N–H and O–H groups in total. The average molecular weight is 192 g/mol. The van der Waals surface area contributed by atoms with Crippen molar-refractivity contribution in [2.45, 2.75) is 13.5 Å². The summed E-state index contributed by atoms with van der Waals surface area (Å²) < 4.78 is 10.6. The maximum Gasteiger partial charge on any atom is 0.176 e. The Morgan fingerprint density at radius 3 is 2.79 bits per heavy atom. The summed E-state index contributed by atoms with van der Waals surface area (Å²) in [4.78, 5) is 0. The number of methoxy groups -OCH3 is 1. The van der Waals surface area contributed by atoms with Crippen LogP contribution in [-0.2, 0) is 6.61 Å². The molecule has 3 nitrogen and oxygen atoms in total. The lowest BCUT2D eigenvalue weighted by Crippen LogP contribution is -1.83. The lowest BCUT2D eigenvalue weighted by Gasteiger charge is -2.01. The summed E-state index contributed by atoms with van der Waals surface area (Å²) in [7, 11) is 1.61. The standard InChI is InChI=1S/C11H12O3/c1-7-3-8-5-9(6-12)14-11(8)10(4-7)13-2/h3-5,12H,6H2,1-2H3. The Balaban J connectivity index is 2.71. The van der Waals surface area contributed by atoms with E-state index in [0.29, 0.717) is 17.1 Å². The molecule has 0 spiro atoms. The molecule has 0 saturated heterocycles. The molecule has 1 aromatic carbocycles. The Kier molecular flexibility index (Phi) is 2.17. The second-order valence-electron chi connectivity index (χ2n) is 3.26. The number of aliphatic hydroxyl groups is 1. The number of ether oxygens (including phenoxy) is 1. The van der Waals surface area contributed by atoms with E-state index in [1.807, 2.05) is 25.1 Å². The van der Waals surface area contributed by atoms with Crippen LogP contribution in [0, 0.1) is 6.92 Å². The van der Waals surface area contributed by atoms with Crippen molar-refractivity contribution in [2.24, 2.45) is 0 Å². The molecule has 1 heterocycles. The van der Waals surface area contributed by atoms with Crippen LogP contribution in [0.15, 0.2) is 22.6 Å². The zero-order valence-electron chi connectivity index (χ0n) is 8.20. The Hall–Kier alpha value is -1.48. The van der Waals surface area contributed by atoms with E-state index < -0.39 is 0 Å². The molecule has 0 amide bonds. The first-order valence-corrected chi connectivity index (χ1v) is 4.42. The van der Waals surface area contributed by atoms with E-state index in [1.54, 1.807) is 7.11 Å². The molecule has 0 atom stereocenters. The molecule has 0 unspecified atom stereocenters. The van der Waals surface area contributed by atoms with Crippen molar-refractivity contribution in [1.29, 1.82) is 0 Å². The van der Waals surface area contributed by atoms with Gasteiger partial charge in [0.05, 0.1) is 7.11 Å². The SMILES string of the molecule is COc1cc(C)cc2cc(CO)oc12. The van der Waals surface area contributed by atoms with Crippen molar-refractivity contribution in [3.8, 4) is 5.75 Å². The van der Waals surface area contributed by atoms with E-state index >= 15 is 0 Å². The van der Waals surface area contributed by atoms with E-state index in [4.69, 9.17) is 14.3 Å². The number of aliphatic hydroxyl groups excluding tert-OH is 1. The Bertz CT molecular complexity index is 457. The molecule has 14 heavy (non-hydrogen) atoms. The van der Waals surface area contributed by atoms with Gasteiger partial charge in [-0.15, -0.1) is 0 Å². The van der Waals surface area contributed by atoms with Crippen LogP contribution in [0.3, 0.4) is 0 Å². The van der Waals surface area contributed by atoms with Gasteiger partial charge in [-0.3, -0.25) is 0 Å². The van der Waals surface area contributed by atoms with E-state index in [-0.39, 0.29) is 6.61 Å². The molecule has 0 saturated carbocycles. The molecular formula is C11H12O3. The lowest BCUT2D eigenvalue weighted by atomic mass is 10.1. The molecule has 0 aliphatic heterocycles. The first-order valence-electron chi connectivity index (χ1n) is 4.42. The first kappa shape index (κ1) is 9.09. The normalized spacial score (nSPS) is 10.8. The Morgan fingerprint density at radius 1 is 1.36 bits per heavy atom. The molecule has 3 heteroatoms. The maximum absolute atomic E-state index is 8.94. The quantitative estimate of drug-likeness (QED) is 0.793. The predicted molar refractivity (Wildman–Crippen MR) is 53.4 cm³/mol. The van der Waals surface area contributed by atoms with Gasteiger partial charge in [-0.2, -0.15) is 0 Å². The van der Waals surface area contributed by atoms with Gasteiger partial charge >= 0.3 is 0 Å². The van der Waals surface area contributed by atoms with Gasteiger partial charge in [0.2, 0.25) is 0 Å². The Labute approximate surface area is 81.9 Å². The van der Waals surface area contributed by atoms with Crippen LogP contribution >= 0.6 is 0 Å². The molecule has 74 valence electrons. The molecule has 0 radical (unpaired) electrons. The average Bonchev–Trinajstić information content (AvgIpc) is 2.59. The van der Waals surface area contributed by atoms with Gasteiger partial charge in [-0.25, -0.2) is 0 Å². The van der Waals surface area contributed by atoms with Crippen LogP contribution in [0.2, 0.25) is 0 Å². The fraction of sp³-hybridized carbons (Fsp3) is 0.273. The molecular weight excluding hydrogens is 180 g/mol. The minimum Gasteiger partial charge on any atom is -0.493 e. The highest BCUT2D eigenvalue weighted by atomic mass is 16.5. The van der Waals surface area contributed by atoms with Crippen molar-refractivity contribution < 1.29 is 14.3 Å². The summed E-state index contributed by atoms with van der Waals surface area (Å²) in [5.74, 6) is 1.27. The van der Waals surface area contributed by atoms with Gasteiger partial charge in [0.1, 0.15) is 12.4 Å². The second-order valence-corrected chi connectivity index (χ2v) is 3.26. The number of aryl methyl sites for hydroxylation is 1. The molecule has 2 aromatic rings. The third-order valence-electron chi connectivity index (χ3n) is 2.15. The van der Waals surface area contributed by atoms with E-state index in [1.165, 1.54) is 0 Å². The number of benzene rings is 1. The van der Waals surface area contributed by atoms with Gasteiger partial charge < -0.3 is 14.3 Å². The van der Waals surface area contributed by atoms with Crippen molar-refractivity contribution in [3.05, 3.63) is 29.5 Å². The summed E-state index contributed by atoms with van der Waals surface area (Å²) in [6.07, 6.45) is 0. The minimum absolute atomic E-state index is 0.0864. The van der Waals surface area contributed by atoms with Crippen molar-refractivity contribution in [2.75, 3.05) is 7.11 Å². The van der Waals surface area contributed by atoms with Crippen molar-refractivity contribution >= 4 is 11.0 Å². The predicted octanol–water partition coefficient (Wildman–Crippen LogP) is 2.24. The first-order chi connectivity index (χ1) is 6.74. The summed E-state index contributed by atoms with van der Waals surface area (Å²) in [5.41, 5.74) is 1.81. The molecule has 1 aromatic heterocycles. The van der Waals surface area contributed by atoms with Crippen LogP contribution < -0.4 is 4.74 Å². The molecule has 0 fully saturated rings. The van der Waals surface area contributed by atoms with Gasteiger partial charge in [0.25, 0.3) is 0 Å². The van der Waals surface area contributed by atoms with Gasteiger partial charge in [0.15, 0.2) is 11.3 Å². The molecule has 0 aliphatic carbocycles. The fourth-order valence-corrected chi connectivity index (χ4v) is 1.55. The van der Waals surface area contributed by atoms with Crippen LogP contribution in [0.5, 0.6) is 5.75 Å². The number of fused-ring (bicyclic) bond motifs is 1. The van der Waals surface area contributed by atoms with Gasteiger partial charge in [0, 0.05) is 5.39 Å². The van der Waals surface area contributed by atoms with Crippen LogP contribution in [0.25, 0.3) is 11.0 Å². The third-order valence-corrected chi connectivity index (χ3v) is 2.15. The molecule has 0 aliphatic rings. The van der Waals surface area contributed by atoms with E-state index in [9.17, 15) is 0 Å². The van der Waals surface area contributed by atoms with Crippen molar-refractivity contribution in [1.82, 2.24) is 0 Å². The zero-order chi connectivity index (χ0) is 10.1. The highest BCUT2D eigenvalue weighted by molar-refractivity contribution is 5.84. The molecule has 0 bridgehead atoms. The summed E-state index contributed by atoms with van der Waals surface area (Å²) in [6.45, 7) is 1.91. The van der Waals surface area contributed by atoms with Crippen LogP contribution in [0.4, 0.5) is 0 Å². The largest absolute Gasteiger partial charge is 0.493 e. The second kappa shape index (κ2) is 3.35. The van der Waals surface area contributed by atoms with Gasteiger partial charge in [-0.1, -0.05) is 0 Å². The minimum atomic E-state index is -0.0864. The van der Waals surface area contributed by atoms with Crippen molar-refractivity contribution in [3.63, 3.8) is 0 Å². The number of furan rings is 1. The summed E-state index contributed by atoms with van der Waals surface area (Å²) >= 11 is 0. The lowest BCUT2D eigenvalue weighted by molar-refractivity contribution is 0.250. The summed E-state index contributed by atoms with van der Waals surface area (Å²) in [5, 5.41) is 9.90. The zero-order valence-corrected chi connectivity index (χ0v) is 8.20. The highest BCUT2D eigenvalue weighted by Crippen LogP contribution is 2.30. The van der Waals surface area contributed by atoms with Crippen LogP contribution in [0.1, 0.15) is 11.3 Å². The monoisotopic (exact) mass is 192 g/mol. The maximum atomic E-state index is 8.94. The number of rotatable bonds is 2. The van der Waals surface area contributed by atoms with E-state index in [2.05, 4.69) is 0 Å². The van der Waals surface area contributed by atoms with E-state index in [0.717, 1.165) is 10.9 Å². The molecule has 2 rings (SSSR count). The Morgan fingerprint density at radius 2 is 2.14 bits per heavy atom.